The van der Waals surface area contributed by atoms with Crippen molar-refractivity contribution in [1.29, 1.82) is 0 Å². The van der Waals surface area contributed by atoms with Crippen molar-refractivity contribution in [2.45, 2.75) is 13.3 Å². The summed E-state index contributed by atoms with van der Waals surface area (Å²) in [4.78, 5) is 11.7. The van der Waals surface area contributed by atoms with Crippen LogP contribution in [0.2, 0.25) is 0 Å². The molecular weight excluding hydrogens is 188 g/mol. The second-order valence-corrected chi connectivity index (χ2v) is 3.45. The van der Waals surface area contributed by atoms with Gasteiger partial charge in [-0.2, -0.15) is 5.10 Å². The number of hydrogen-bond acceptors (Lipinski definition) is 2. The van der Waals surface area contributed by atoms with Crippen molar-refractivity contribution in [1.82, 2.24) is 9.78 Å². The highest BCUT2D eigenvalue weighted by molar-refractivity contribution is 5.80. The zero-order valence-electron chi connectivity index (χ0n) is 8.55. The third-order valence-electron chi connectivity index (χ3n) is 2.36. The molecule has 0 saturated carbocycles. The van der Waals surface area contributed by atoms with Crippen molar-refractivity contribution in [2.24, 2.45) is 0 Å². The molecule has 3 heteroatoms. The van der Waals surface area contributed by atoms with E-state index in [1.54, 1.807) is 18.5 Å². The summed E-state index contributed by atoms with van der Waals surface area (Å²) in [5, 5.41) is 3.91. The van der Waals surface area contributed by atoms with Crippen LogP contribution in [0.5, 0.6) is 0 Å². The van der Waals surface area contributed by atoms with Crippen LogP contribution in [0.4, 0.5) is 0 Å². The quantitative estimate of drug-likeness (QED) is 0.743. The standard InChI is InChI=1S/C12H12N2O/c1-10-5-2-3-6-11(10)9-12(15)14-8-4-7-13-14/h2-8H,9H2,1H3. The number of carbonyl (C=O) groups is 1. The molecule has 0 unspecified atom stereocenters. The normalized spacial score (nSPS) is 10.2. The molecule has 0 aliphatic heterocycles. The minimum atomic E-state index is -0.00528. The molecule has 0 bridgehead atoms. The lowest BCUT2D eigenvalue weighted by Crippen LogP contribution is -2.14. The minimum absolute atomic E-state index is 0.00528. The molecule has 76 valence electrons. The fraction of sp³-hybridized carbons (Fsp3) is 0.167. The second kappa shape index (κ2) is 4.09. The first kappa shape index (κ1) is 9.65. The van der Waals surface area contributed by atoms with Crippen molar-refractivity contribution < 1.29 is 4.79 Å². The van der Waals surface area contributed by atoms with Gasteiger partial charge in [0.15, 0.2) is 0 Å². The number of aryl methyl sites for hydroxylation is 1. The summed E-state index contributed by atoms with van der Waals surface area (Å²) >= 11 is 0. The van der Waals surface area contributed by atoms with Gasteiger partial charge >= 0.3 is 0 Å². The lowest BCUT2D eigenvalue weighted by molar-refractivity contribution is 0.0898. The summed E-state index contributed by atoms with van der Waals surface area (Å²) in [6, 6.07) is 9.63. The van der Waals surface area contributed by atoms with Gasteiger partial charge in [0.25, 0.3) is 5.91 Å². The zero-order valence-corrected chi connectivity index (χ0v) is 8.55. The van der Waals surface area contributed by atoms with E-state index in [2.05, 4.69) is 5.10 Å². The molecule has 0 aliphatic rings. The maximum Gasteiger partial charge on any atom is 0.251 e. The maximum absolute atomic E-state index is 11.7. The second-order valence-electron chi connectivity index (χ2n) is 3.45. The number of rotatable bonds is 2. The Morgan fingerprint density at radius 2 is 2.13 bits per heavy atom. The van der Waals surface area contributed by atoms with Gasteiger partial charge in [0.05, 0.1) is 6.42 Å². The Morgan fingerprint density at radius 1 is 1.33 bits per heavy atom. The first-order valence-electron chi connectivity index (χ1n) is 4.85. The summed E-state index contributed by atoms with van der Waals surface area (Å²) in [6.07, 6.45) is 3.67. The van der Waals surface area contributed by atoms with Crippen LogP contribution < -0.4 is 0 Å². The summed E-state index contributed by atoms with van der Waals surface area (Å²) in [5.74, 6) is -0.00528. The van der Waals surface area contributed by atoms with Crippen LogP contribution >= 0.6 is 0 Å². The van der Waals surface area contributed by atoms with Crippen molar-refractivity contribution in [3.63, 3.8) is 0 Å². The van der Waals surface area contributed by atoms with E-state index in [-0.39, 0.29) is 5.91 Å². The molecule has 0 spiro atoms. The third kappa shape index (κ3) is 2.13. The maximum atomic E-state index is 11.7. The molecule has 1 aromatic heterocycles. The van der Waals surface area contributed by atoms with Crippen LogP contribution in [0.1, 0.15) is 15.9 Å². The van der Waals surface area contributed by atoms with Gasteiger partial charge in [-0.15, -0.1) is 0 Å². The van der Waals surface area contributed by atoms with E-state index in [0.717, 1.165) is 11.1 Å². The first-order valence-corrected chi connectivity index (χ1v) is 4.85. The molecule has 2 aromatic rings. The topological polar surface area (TPSA) is 34.9 Å². The van der Waals surface area contributed by atoms with Crippen LogP contribution in [-0.4, -0.2) is 15.7 Å². The molecule has 0 radical (unpaired) electrons. The van der Waals surface area contributed by atoms with E-state index in [1.165, 1.54) is 4.68 Å². The number of nitrogens with zero attached hydrogens (tertiary/aromatic N) is 2. The first-order chi connectivity index (χ1) is 7.27. The lowest BCUT2D eigenvalue weighted by Gasteiger charge is -2.04. The molecule has 15 heavy (non-hydrogen) atoms. The van der Waals surface area contributed by atoms with Crippen molar-refractivity contribution in [2.75, 3.05) is 0 Å². The molecule has 1 aromatic carbocycles. The largest absolute Gasteiger partial charge is 0.272 e. The van der Waals surface area contributed by atoms with E-state index in [4.69, 9.17) is 0 Å². The Labute approximate surface area is 88.4 Å². The van der Waals surface area contributed by atoms with Crippen molar-refractivity contribution in [3.05, 3.63) is 53.9 Å². The summed E-state index contributed by atoms with van der Waals surface area (Å²) in [6.45, 7) is 2.01. The number of hydrogen-bond donors (Lipinski definition) is 0. The number of aromatic nitrogens is 2. The number of benzene rings is 1. The average Bonchev–Trinajstić information content (AvgIpc) is 2.74. The summed E-state index contributed by atoms with van der Waals surface area (Å²) < 4.78 is 1.37. The van der Waals surface area contributed by atoms with Gasteiger partial charge in [0, 0.05) is 12.4 Å². The molecule has 0 amide bonds. The van der Waals surface area contributed by atoms with E-state index in [9.17, 15) is 4.79 Å². The smallest absolute Gasteiger partial charge is 0.251 e. The monoisotopic (exact) mass is 200 g/mol. The van der Waals surface area contributed by atoms with Gasteiger partial charge in [0.1, 0.15) is 0 Å². The Morgan fingerprint density at radius 3 is 2.80 bits per heavy atom. The highest BCUT2D eigenvalue weighted by Gasteiger charge is 2.07. The molecule has 0 N–H and O–H groups in total. The highest BCUT2D eigenvalue weighted by Crippen LogP contribution is 2.08. The van der Waals surface area contributed by atoms with Gasteiger partial charge in [-0.3, -0.25) is 4.79 Å². The van der Waals surface area contributed by atoms with Crippen LogP contribution in [0.3, 0.4) is 0 Å². The highest BCUT2D eigenvalue weighted by atomic mass is 16.2. The van der Waals surface area contributed by atoms with Gasteiger partial charge in [-0.25, -0.2) is 4.68 Å². The Bertz CT molecular complexity index is 460. The van der Waals surface area contributed by atoms with Crippen molar-refractivity contribution >= 4 is 5.91 Å². The fourth-order valence-electron chi connectivity index (χ4n) is 1.47. The fourth-order valence-corrected chi connectivity index (χ4v) is 1.47. The lowest BCUT2D eigenvalue weighted by atomic mass is 10.1. The molecule has 0 saturated heterocycles. The molecule has 0 aliphatic carbocycles. The van der Waals surface area contributed by atoms with E-state index < -0.39 is 0 Å². The SMILES string of the molecule is Cc1ccccc1CC(=O)n1cccn1. The van der Waals surface area contributed by atoms with Gasteiger partial charge in [-0.1, -0.05) is 24.3 Å². The van der Waals surface area contributed by atoms with Crippen LogP contribution in [-0.2, 0) is 6.42 Å². The van der Waals surface area contributed by atoms with Crippen molar-refractivity contribution in [3.8, 4) is 0 Å². The molecular formula is C12H12N2O. The number of carbonyl (C=O) groups excluding carboxylic acids is 1. The molecule has 0 atom stereocenters. The van der Waals surface area contributed by atoms with Crippen LogP contribution in [0.25, 0.3) is 0 Å². The molecule has 0 fully saturated rings. The van der Waals surface area contributed by atoms with Gasteiger partial charge < -0.3 is 0 Å². The average molecular weight is 200 g/mol. The molecule has 2 rings (SSSR count). The Kier molecular flexibility index (Phi) is 2.63. The molecule has 3 nitrogen and oxygen atoms in total. The van der Waals surface area contributed by atoms with E-state index >= 15 is 0 Å². The Balaban J connectivity index is 2.17. The van der Waals surface area contributed by atoms with Gasteiger partial charge in [0.2, 0.25) is 0 Å². The predicted octanol–water partition coefficient (Wildman–Crippen LogP) is 2.07. The van der Waals surface area contributed by atoms with E-state index in [0.29, 0.717) is 6.42 Å². The summed E-state index contributed by atoms with van der Waals surface area (Å²) in [5.41, 5.74) is 2.19. The minimum Gasteiger partial charge on any atom is -0.272 e. The van der Waals surface area contributed by atoms with E-state index in [1.807, 2.05) is 31.2 Å². The third-order valence-corrected chi connectivity index (χ3v) is 2.36. The Hall–Kier alpha value is -1.90. The predicted molar refractivity (Wildman–Crippen MR) is 57.7 cm³/mol. The summed E-state index contributed by atoms with van der Waals surface area (Å²) in [7, 11) is 0. The van der Waals surface area contributed by atoms with Crippen LogP contribution in [0, 0.1) is 6.92 Å². The molecule has 1 heterocycles. The van der Waals surface area contributed by atoms with Gasteiger partial charge in [-0.05, 0) is 24.1 Å². The van der Waals surface area contributed by atoms with Crippen LogP contribution in [0.15, 0.2) is 42.7 Å². The zero-order chi connectivity index (χ0) is 10.7.